The van der Waals surface area contributed by atoms with E-state index in [1.165, 1.54) is 12.3 Å². The Morgan fingerprint density at radius 1 is 1.44 bits per heavy atom. The van der Waals surface area contributed by atoms with Crippen LogP contribution in [0.25, 0.3) is 0 Å². The lowest BCUT2D eigenvalue weighted by atomic mass is 10.3. The van der Waals surface area contributed by atoms with Crippen LogP contribution < -0.4 is 5.32 Å². The molecule has 0 saturated carbocycles. The van der Waals surface area contributed by atoms with Crippen molar-refractivity contribution in [3.8, 4) is 0 Å². The maximum Gasteiger partial charge on any atom is 0.408 e. The van der Waals surface area contributed by atoms with Gasteiger partial charge in [-0.2, -0.15) is 23.4 Å². The first-order valence-electron chi connectivity index (χ1n) is 5.27. The van der Waals surface area contributed by atoms with Gasteiger partial charge in [-0.15, -0.1) is 0 Å². The minimum absolute atomic E-state index is 0.403. The molecule has 0 aromatic carbocycles. The standard InChI is InChI=1S/C10H12F3N5/c1-7-8(5-15-16-7)4-14-9-2-3-18(17-9)6-10(11,12)13/h2-3,5H,4,6H2,1H3,(H,14,17)(H,15,16). The van der Waals surface area contributed by atoms with Crippen molar-refractivity contribution >= 4 is 5.82 Å². The third kappa shape index (κ3) is 3.25. The van der Waals surface area contributed by atoms with Gasteiger partial charge in [0.2, 0.25) is 0 Å². The molecule has 2 N–H and O–H groups in total. The molecule has 2 heterocycles. The molecular weight excluding hydrogens is 247 g/mol. The summed E-state index contributed by atoms with van der Waals surface area (Å²) < 4.78 is 37.2. The minimum atomic E-state index is -4.26. The second-order valence-electron chi connectivity index (χ2n) is 3.89. The number of aromatic amines is 1. The van der Waals surface area contributed by atoms with Crippen molar-refractivity contribution in [2.75, 3.05) is 5.32 Å². The lowest BCUT2D eigenvalue weighted by Crippen LogP contribution is -2.18. The Balaban J connectivity index is 1.93. The van der Waals surface area contributed by atoms with Gasteiger partial charge in [-0.05, 0) is 6.92 Å². The largest absolute Gasteiger partial charge is 0.408 e. The van der Waals surface area contributed by atoms with E-state index in [1.54, 1.807) is 6.20 Å². The van der Waals surface area contributed by atoms with Crippen molar-refractivity contribution in [1.29, 1.82) is 0 Å². The number of aryl methyl sites for hydroxylation is 1. The van der Waals surface area contributed by atoms with Gasteiger partial charge < -0.3 is 5.32 Å². The molecule has 2 rings (SSSR count). The Hall–Kier alpha value is -1.99. The predicted molar refractivity (Wildman–Crippen MR) is 58.9 cm³/mol. The molecule has 0 unspecified atom stereocenters. The van der Waals surface area contributed by atoms with E-state index in [9.17, 15) is 13.2 Å². The minimum Gasteiger partial charge on any atom is -0.364 e. The van der Waals surface area contributed by atoms with Crippen LogP contribution in [0, 0.1) is 6.92 Å². The fourth-order valence-electron chi connectivity index (χ4n) is 1.47. The maximum absolute atomic E-state index is 12.1. The van der Waals surface area contributed by atoms with Gasteiger partial charge in [0, 0.05) is 30.1 Å². The van der Waals surface area contributed by atoms with Crippen LogP contribution in [0.3, 0.4) is 0 Å². The summed E-state index contributed by atoms with van der Waals surface area (Å²) in [6.07, 6.45) is -1.31. The van der Waals surface area contributed by atoms with Crippen molar-refractivity contribution in [2.24, 2.45) is 0 Å². The first-order valence-corrected chi connectivity index (χ1v) is 5.27. The lowest BCUT2D eigenvalue weighted by molar-refractivity contribution is -0.142. The molecule has 0 atom stereocenters. The van der Waals surface area contributed by atoms with E-state index in [4.69, 9.17) is 0 Å². The van der Waals surface area contributed by atoms with Crippen LogP contribution in [-0.2, 0) is 13.1 Å². The fraction of sp³-hybridized carbons (Fsp3) is 0.400. The Kier molecular flexibility index (Phi) is 3.26. The highest BCUT2D eigenvalue weighted by Gasteiger charge is 2.28. The molecule has 0 fully saturated rings. The van der Waals surface area contributed by atoms with Crippen molar-refractivity contribution in [3.63, 3.8) is 0 Å². The highest BCUT2D eigenvalue weighted by Crippen LogP contribution is 2.17. The summed E-state index contributed by atoms with van der Waals surface area (Å²) in [6, 6.07) is 1.50. The van der Waals surface area contributed by atoms with Gasteiger partial charge in [-0.1, -0.05) is 0 Å². The van der Waals surface area contributed by atoms with Gasteiger partial charge >= 0.3 is 6.18 Å². The number of rotatable bonds is 4. The number of hydrogen-bond donors (Lipinski definition) is 2. The maximum atomic E-state index is 12.1. The molecular formula is C10H12F3N5. The Bertz CT molecular complexity index is 514. The number of alkyl halides is 3. The molecule has 5 nitrogen and oxygen atoms in total. The second-order valence-corrected chi connectivity index (χ2v) is 3.89. The summed E-state index contributed by atoms with van der Waals surface area (Å²) >= 11 is 0. The molecule has 0 aliphatic heterocycles. The van der Waals surface area contributed by atoms with Crippen molar-refractivity contribution in [1.82, 2.24) is 20.0 Å². The number of aromatic nitrogens is 4. The molecule has 0 saturated heterocycles. The van der Waals surface area contributed by atoms with E-state index >= 15 is 0 Å². The average Bonchev–Trinajstić information content (AvgIpc) is 2.82. The van der Waals surface area contributed by atoms with Crippen LogP contribution in [0.1, 0.15) is 11.3 Å². The first-order chi connectivity index (χ1) is 8.44. The van der Waals surface area contributed by atoms with Crippen molar-refractivity contribution in [3.05, 3.63) is 29.7 Å². The molecule has 0 amide bonds. The van der Waals surface area contributed by atoms with E-state index in [-0.39, 0.29) is 0 Å². The normalized spacial score (nSPS) is 11.8. The van der Waals surface area contributed by atoms with E-state index in [0.717, 1.165) is 15.9 Å². The third-order valence-electron chi connectivity index (χ3n) is 2.38. The quantitative estimate of drug-likeness (QED) is 0.883. The average molecular weight is 259 g/mol. The zero-order valence-electron chi connectivity index (χ0n) is 9.62. The number of anilines is 1. The van der Waals surface area contributed by atoms with Gasteiger partial charge in [0.15, 0.2) is 0 Å². The number of H-pyrrole nitrogens is 1. The molecule has 8 heteroatoms. The van der Waals surface area contributed by atoms with Gasteiger partial charge in [0.1, 0.15) is 12.4 Å². The zero-order chi connectivity index (χ0) is 13.2. The molecule has 2 aromatic heterocycles. The molecule has 0 bridgehead atoms. The SMILES string of the molecule is Cc1[nH]ncc1CNc1ccn(CC(F)(F)F)n1. The van der Waals surface area contributed by atoms with Crippen LogP contribution in [-0.4, -0.2) is 26.2 Å². The number of hydrogen-bond acceptors (Lipinski definition) is 3. The fourth-order valence-corrected chi connectivity index (χ4v) is 1.47. The Morgan fingerprint density at radius 3 is 2.83 bits per heavy atom. The first kappa shape index (κ1) is 12.5. The van der Waals surface area contributed by atoms with E-state index in [0.29, 0.717) is 12.4 Å². The summed E-state index contributed by atoms with van der Waals surface area (Å²) in [4.78, 5) is 0. The highest BCUT2D eigenvalue weighted by molar-refractivity contribution is 5.34. The van der Waals surface area contributed by atoms with Crippen molar-refractivity contribution in [2.45, 2.75) is 26.2 Å². The Morgan fingerprint density at radius 2 is 2.22 bits per heavy atom. The predicted octanol–water partition coefficient (Wildman–Crippen LogP) is 2.09. The Labute approximate surface area is 101 Å². The van der Waals surface area contributed by atoms with Crippen molar-refractivity contribution < 1.29 is 13.2 Å². The monoisotopic (exact) mass is 259 g/mol. The molecule has 0 aliphatic carbocycles. The van der Waals surface area contributed by atoms with Gasteiger partial charge in [-0.3, -0.25) is 9.78 Å². The lowest BCUT2D eigenvalue weighted by Gasteiger charge is -2.05. The molecule has 98 valence electrons. The summed E-state index contributed by atoms with van der Waals surface area (Å²) in [7, 11) is 0. The molecule has 0 aliphatic rings. The van der Waals surface area contributed by atoms with E-state index in [2.05, 4.69) is 20.6 Å². The van der Waals surface area contributed by atoms with Crippen LogP contribution in [0.4, 0.5) is 19.0 Å². The van der Waals surface area contributed by atoms with Gasteiger partial charge in [-0.25, -0.2) is 0 Å². The van der Waals surface area contributed by atoms with Gasteiger partial charge in [0.05, 0.1) is 6.20 Å². The molecule has 0 radical (unpaired) electrons. The van der Waals surface area contributed by atoms with Crippen LogP contribution >= 0.6 is 0 Å². The van der Waals surface area contributed by atoms with E-state index < -0.39 is 12.7 Å². The number of nitrogens with one attached hydrogen (secondary N) is 2. The summed E-state index contributed by atoms with van der Waals surface area (Å²) in [5.41, 5.74) is 1.86. The second kappa shape index (κ2) is 4.71. The summed E-state index contributed by atoms with van der Waals surface area (Å²) in [5.74, 6) is 0.403. The summed E-state index contributed by atoms with van der Waals surface area (Å²) in [5, 5.41) is 13.3. The molecule has 18 heavy (non-hydrogen) atoms. The number of nitrogens with zero attached hydrogens (tertiary/aromatic N) is 3. The highest BCUT2D eigenvalue weighted by atomic mass is 19.4. The summed E-state index contributed by atoms with van der Waals surface area (Å²) in [6.45, 7) is 1.25. The number of halogens is 3. The topological polar surface area (TPSA) is 58.5 Å². The van der Waals surface area contributed by atoms with Crippen LogP contribution in [0.15, 0.2) is 18.5 Å². The van der Waals surface area contributed by atoms with Crippen LogP contribution in [0.5, 0.6) is 0 Å². The van der Waals surface area contributed by atoms with Gasteiger partial charge in [0.25, 0.3) is 0 Å². The molecule has 0 spiro atoms. The van der Waals surface area contributed by atoms with E-state index in [1.807, 2.05) is 6.92 Å². The molecule has 2 aromatic rings. The van der Waals surface area contributed by atoms with Crippen LogP contribution in [0.2, 0.25) is 0 Å². The zero-order valence-corrected chi connectivity index (χ0v) is 9.62. The smallest absolute Gasteiger partial charge is 0.364 e. The third-order valence-corrected chi connectivity index (χ3v) is 2.38.